The summed E-state index contributed by atoms with van der Waals surface area (Å²) in [5.41, 5.74) is 0. The number of benzene rings is 1. The molecule has 0 N–H and O–H groups in total. The number of hydrogen-bond donors (Lipinski definition) is 0. The van der Waals surface area contributed by atoms with E-state index in [1.54, 1.807) is 44.2 Å². The molecule has 0 saturated heterocycles. The lowest BCUT2D eigenvalue weighted by molar-refractivity contribution is -0.165. The van der Waals surface area contributed by atoms with Crippen LogP contribution in [0.3, 0.4) is 0 Å². The third-order valence-corrected chi connectivity index (χ3v) is 5.65. The quantitative estimate of drug-likeness (QED) is 0.676. The van der Waals surface area contributed by atoms with Crippen molar-refractivity contribution in [2.45, 2.75) is 31.3 Å². The zero-order valence-corrected chi connectivity index (χ0v) is 16.0. The van der Waals surface area contributed by atoms with Gasteiger partial charge in [0.15, 0.2) is 0 Å². The van der Waals surface area contributed by atoms with Crippen molar-refractivity contribution in [2.75, 3.05) is 20.3 Å². The van der Waals surface area contributed by atoms with Crippen molar-refractivity contribution < 1.29 is 28.0 Å². The first-order chi connectivity index (χ1) is 12.5. The number of carbonyl (C=O) groups is 2. The highest BCUT2D eigenvalue weighted by Crippen LogP contribution is 2.36. The Morgan fingerprint density at radius 3 is 2.27 bits per heavy atom. The van der Waals surface area contributed by atoms with E-state index in [1.807, 2.05) is 6.07 Å². The van der Waals surface area contributed by atoms with Crippen LogP contribution in [0.5, 0.6) is 0 Å². The Morgan fingerprint density at radius 2 is 1.69 bits per heavy atom. The summed E-state index contributed by atoms with van der Waals surface area (Å²) in [4.78, 5) is 26.1. The molecule has 0 amide bonds. The molecule has 6 nitrogen and oxygen atoms in total. The van der Waals surface area contributed by atoms with Crippen LogP contribution in [-0.2, 0) is 34.6 Å². The number of ether oxygens (including phenoxy) is 3. The number of esters is 2. The van der Waals surface area contributed by atoms with E-state index in [0.717, 1.165) is 0 Å². The van der Waals surface area contributed by atoms with Crippen LogP contribution in [0.15, 0.2) is 46.2 Å². The van der Waals surface area contributed by atoms with Gasteiger partial charge in [0.25, 0.3) is 0 Å². The van der Waals surface area contributed by atoms with Gasteiger partial charge in [0.05, 0.1) is 36.0 Å². The number of carbonyl (C=O) groups excluding carboxylic acids is 2. The number of methoxy groups -OCH3 is 1. The smallest absolute Gasteiger partial charge is 0.312 e. The summed E-state index contributed by atoms with van der Waals surface area (Å²) < 4.78 is 28.6. The average molecular weight is 380 g/mol. The van der Waals surface area contributed by atoms with Crippen molar-refractivity contribution in [1.29, 1.82) is 0 Å². The molecule has 7 heteroatoms. The van der Waals surface area contributed by atoms with Crippen molar-refractivity contribution in [1.82, 2.24) is 0 Å². The van der Waals surface area contributed by atoms with E-state index < -0.39 is 40.7 Å². The summed E-state index contributed by atoms with van der Waals surface area (Å²) in [7, 11) is 0.00439. The summed E-state index contributed by atoms with van der Waals surface area (Å²) in [6, 6.07) is 8.96. The minimum atomic E-state index is -1.44. The summed E-state index contributed by atoms with van der Waals surface area (Å²) in [6.07, 6.45) is 1.12. The molecule has 4 atom stereocenters. The molecular formula is C19H24O6S. The Kier molecular flexibility index (Phi) is 7.53. The van der Waals surface area contributed by atoms with Gasteiger partial charge >= 0.3 is 11.9 Å². The van der Waals surface area contributed by atoms with E-state index in [4.69, 9.17) is 14.2 Å². The Labute approximate surface area is 156 Å². The van der Waals surface area contributed by atoms with Crippen molar-refractivity contribution in [3.05, 3.63) is 41.3 Å². The Bertz CT molecular complexity index is 685. The standard InChI is InChI=1S/C19H24O6S/c1-4-24-18(20)15-11-14(26(22)13-9-7-6-8-10-13)12-16(23-3)17(15)19(21)25-5-2/h6-10,12,15-17H,4-5,11H2,1-3H3/t15-,16+,17-,26?/m0/s1. The van der Waals surface area contributed by atoms with Crippen LogP contribution in [0.2, 0.25) is 0 Å². The topological polar surface area (TPSA) is 78.9 Å². The van der Waals surface area contributed by atoms with Gasteiger partial charge in [-0.15, -0.1) is 0 Å². The molecule has 26 heavy (non-hydrogen) atoms. The van der Waals surface area contributed by atoms with Gasteiger partial charge < -0.3 is 14.2 Å². The van der Waals surface area contributed by atoms with Crippen LogP contribution in [0.1, 0.15) is 20.3 Å². The normalized spacial score (nSPS) is 23.7. The fourth-order valence-corrected chi connectivity index (χ4v) is 4.29. The molecule has 1 aliphatic carbocycles. The van der Waals surface area contributed by atoms with E-state index in [0.29, 0.717) is 9.80 Å². The van der Waals surface area contributed by atoms with E-state index in [1.165, 1.54) is 7.11 Å². The predicted octanol–water partition coefficient (Wildman–Crippen LogP) is 2.46. The van der Waals surface area contributed by atoms with Crippen molar-refractivity contribution in [3.63, 3.8) is 0 Å². The maximum atomic E-state index is 12.9. The molecule has 0 heterocycles. The maximum Gasteiger partial charge on any atom is 0.312 e. The maximum absolute atomic E-state index is 12.9. The van der Waals surface area contributed by atoms with Gasteiger partial charge in [0.1, 0.15) is 5.92 Å². The first-order valence-corrected chi connectivity index (χ1v) is 9.72. The SMILES string of the molecule is CCOC(=O)[C@H]1[C@@H](C(=O)OCC)CC(S(=O)c2ccccc2)=C[C@H]1OC. The van der Waals surface area contributed by atoms with Gasteiger partial charge in [-0.1, -0.05) is 18.2 Å². The van der Waals surface area contributed by atoms with Gasteiger partial charge in [-0.3, -0.25) is 9.59 Å². The first-order valence-electron chi connectivity index (χ1n) is 8.57. The van der Waals surface area contributed by atoms with E-state index in [9.17, 15) is 13.8 Å². The second kappa shape index (κ2) is 9.64. The van der Waals surface area contributed by atoms with Gasteiger partial charge in [-0.25, -0.2) is 4.21 Å². The van der Waals surface area contributed by atoms with Crippen molar-refractivity contribution >= 4 is 22.7 Å². The number of hydrogen-bond acceptors (Lipinski definition) is 6. The lowest BCUT2D eigenvalue weighted by atomic mass is 9.80. The van der Waals surface area contributed by atoms with E-state index in [-0.39, 0.29) is 19.6 Å². The molecule has 1 aromatic rings. The molecule has 2 rings (SSSR count). The molecule has 1 aliphatic rings. The second-order valence-electron chi connectivity index (χ2n) is 5.76. The lowest BCUT2D eigenvalue weighted by Gasteiger charge is -2.33. The molecule has 0 radical (unpaired) electrons. The van der Waals surface area contributed by atoms with Crippen LogP contribution >= 0.6 is 0 Å². The minimum absolute atomic E-state index is 0.156. The van der Waals surface area contributed by atoms with Gasteiger partial charge in [-0.2, -0.15) is 0 Å². The lowest BCUT2D eigenvalue weighted by Crippen LogP contribution is -2.43. The summed E-state index contributed by atoms with van der Waals surface area (Å²) in [5, 5.41) is 0. The molecule has 0 bridgehead atoms. The van der Waals surface area contributed by atoms with Crippen molar-refractivity contribution in [3.8, 4) is 0 Å². The molecule has 0 spiro atoms. The Morgan fingerprint density at radius 1 is 1.08 bits per heavy atom. The number of allylic oxidation sites excluding steroid dienone is 1. The molecule has 142 valence electrons. The largest absolute Gasteiger partial charge is 0.466 e. The highest BCUT2D eigenvalue weighted by molar-refractivity contribution is 7.89. The third kappa shape index (κ3) is 4.59. The van der Waals surface area contributed by atoms with Crippen molar-refractivity contribution in [2.24, 2.45) is 11.8 Å². The van der Waals surface area contributed by atoms with Crippen LogP contribution in [0.25, 0.3) is 0 Å². The second-order valence-corrected chi connectivity index (χ2v) is 7.29. The minimum Gasteiger partial charge on any atom is -0.466 e. The van der Waals surface area contributed by atoms with Crippen LogP contribution in [-0.4, -0.2) is 42.6 Å². The predicted molar refractivity (Wildman–Crippen MR) is 96.6 cm³/mol. The van der Waals surface area contributed by atoms with Gasteiger partial charge in [-0.05, 0) is 38.5 Å². The highest BCUT2D eigenvalue weighted by atomic mass is 32.2. The monoisotopic (exact) mass is 380 g/mol. The van der Waals surface area contributed by atoms with Gasteiger partial charge in [0, 0.05) is 16.9 Å². The fourth-order valence-electron chi connectivity index (χ4n) is 2.99. The average Bonchev–Trinajstić information content (AvgIpc) is 2.67. The summed E-state index contributed by atoms with van der Waals surface area (Å²) in [5.74, 6) is -2.65. The Balaban J connectivity index is 2.38. The molecule has 1 aromatic carbocycles. The van der Waals surface area contributed by atoms with E-state index in [2.05, 4.69) is 0 Å². The third-order valence-electron chi connectivity index (χ3n) is 4.17. The number of rotatable bonds is 7. The molecular weight excluding hydrogens is 356 g/mol. The fraction of sp³-hybridized carbons (Fsp3) is 0.474. The highest BCUT2D eigenvalue weighted by Gasteiger charge is 2.45. The zero-order chi connectivity index (χ0) is 19.1. The summed E-state index contributed by atoms with van der Waals surface area (Å²) in [6.45, 7) is 3.80. The summed E-state index contributed by atoms with van der Waals surface area (Å²) >= 11 is 0. The molecule has 1 unspecified atom stereocenters. The Hall–Kier alpha value is -1.99. The molecule has 0 aliphatic heterocycles. The zero-order valence-electron chi connectivity index (χ0n) is 15.2. The molecule has 0 fully saturated rings. The molecule has 0 saturated carbocycles. The van der Waals surface area contributed by atoms with Crippen LogP contribution in [0.4, 0.5) is 0 Å². The van der Waals surface area contributed by atoms with E-state index >= 15 is 0 Å². The van der Waals surface area contributed by atoms with Crippen LogP contribution in [0, 0.1) is 11.8 Å². The van der Waals surface area contributed by atoms with Crippen LogP contribution < -0.4 is 0 Å². The molecule has 0 aromatic heterocycles. The first kappa shape index (κ1) is 20.3. The van der Waals surface area contributed by atoms with Gasteiger partial charge in [0.2, 0.25) is 0 Å².